The number of hydrogen-bond donors (Lipinski definition) is 2. The Morgan fingerprint density at radius 3 is 2.82 bits per heavy atom. The average molecular weight is 238 g/mol. The standard InChI is InChI=1S/C13H19FN2O/c1-10(16-8-4-7-13(15)17)9-11-5-2-3-6-12(11)14/h2-3,5-6,10,16H,4,7-9H2,1H3,(H2,15,17). The Kier molecular flexibility index (Phi) is 5.63. The Morgan fingerprint density at radius 2 is 2.18 bits per heavy atom. The minimum absolute atomic E-state index is 0.168. The SMILES string of the molecule is CC(Cc1ccccc1F)NCCCC(N)=O. The van der Waals surface area contributed by atoms with Gasteiger partial charge in [0.05, 0.1) is 0 Å². The van der Waals surface area contributed by atoms with Crippen molar-refractivity contribution in [3.63, 3.8) is 0 Å². The maximum absolute atomic E-state index is 13.4. The molecule has 17 heavy (non-hydrogen) atoms. The van der Waals surface area contributed by atoms with Gasteiger partial charge in [0.25, 0.3) is 0 Å². The highest BCUT2D eigenvalue weighted by molar-refractivity contribution is 5.73. The first-order valence-corrected chi connectivity index (χ1v) is 5.84. The molecule has 94 valence electrons. The van der Waals surface area contributed by atoms with Crippen LogP contribution in [0, 0.1) is 5.82 Å². The number of primary amides is 1. The molecular formula is C13H19FN2O. The van der Waals surface area contributed by atoms with Gasteiger partial charge in [-0.3, -0.25) is 4.79 Å². The van der Waals surface area contributed by atoms with E-state index in [1.165, 1.54) is 6.07 Å². The Morgan fingerprint density at radius 1 is 1.47 bits per heavy atom. The van der Waals surface area contributed by atoms with Crippen LogP contribution in [0.1, 0.15) is 25.3 Å². The van der Waals surface area contributed by atoms with Crippen molar-refractivity contribution in [1.82, 2.24) is 5.32 Å². The highest BCUT2D eigenvalue weighted by Gasteiger charge is 2.06. The second-order valence-corrected chi connectivity index (χ2v) is 4.22. The minimum Gasteiger partial charge on any atom is -0.370 e. The van der Waals surface area contributed by atoms with Crippen molar-refractivity contribution in [2.24, 2.45) is 5.73 Å². The summed E-state index contributed by atoms with van der Waals surface area (Å²) in [4.78, 5) is 10.5. The van der Waals surface area contributed by atoms with Gasteiger partial charge in [0.1, 0.15) is 5.82 Å². The van der Waals surface area contributed by atoms with E-state index in [4.69, 9.17) is 5.73 Å². The largest absolute Gasteiger partial charge is 0.370 e. The fourth-order valence-electron chi connectivity index (χ4n) is 1.68. The molecule has 1 amide bonds. The van der Waals surface area contributed by atoms with Gasteiger partial charge in [-0.15, -0.1) is 0 Å². The first kappa shape index (κ1) is 13.6. The average Bonchev–Trinajstić information content (AvgIpc) is 2.27. The molecule has 0 bridgehead atoms. The van der Waals surface area contributed by atoms with Crippen molar-refractivity contribution in [2.45, 2.75) is 32.2 Å². The molecule has 4 heteroatoms. The first-order chi connectivity index (χ1) is 8.09. The summed E-state index contributed by atoms with van der Waals surface area (Å²) < 4.78 is 13.4. The van der Waals surface area contributed by atoms with E-state index in [0.29, 0.717) is 18.4 Å². The third-order valence-corrected chi connectivity index (χ3v) is 2.58. The molecule has 0 radical (unpaired) electrons. The lowest BCUT2D eigenvalue weighted by molar-refractivity contribution is -0.118. The normalized spacial score (nSPS) is 12.4. The molecule has 1 atom stereocenters. The summed E-state index contributed by atoms with van der Waals surface area (Å²) >= 11 is 0. The zero-order chi connectivity index (χ0) is 12.7. The number of nitrogens with two attached hydrogens (primary N) is 1. The molecule has 0 saturated heterocycles. The predicted molar refractivity (Wildman–Crippen MR) is 66.0 cm³/mol. The molecular weight excluding hydrogens is 219 g/mol. The van der Waals surface area contributed by atoms with Crippen LogP contribution in [-0.2, 0) is 11.2 Å². The lowest BCUT2D eigenvalue weighted by Crippen LogP contribution is -2.30. The monoisotopic (exact) mass is 238 g/mol. The molecule has 1 rings (SSSR count). The molecule has 0 heterocycles. The highest BCUT2D eigenvalue weighted by Crippen LogP contribution is 2.08. The Balaban J connectivity index is 2.27. The zero-order valence-corrected chi connectivity index (χ0v) is 10.1. The second-order valence-electron chi connectivity index (χ2n) is 4.22. The van der Waals surface area contributed by atoms with E-state index >= 15 is 0 Å². The quantitative estimate of drug-likeness (QED) is 0.709. The first-order valence-electron chi connectivity index (χ1n) is 5.84. The number of nitrogens with one attached hydrogen (secondary N) is 1. The van der Waals surface area contributed by atoms with Gasteiger partial charge in [-0.05, 0) is 37.9 Å². The molecule has 3 N–H and O–H groups in total. The summed E-state index contributed by atoms with van der Waals surface area (Å²) in [6.45, 7) is 2.72. The van der Waals surface area contributed by atoms with E-state index in [0.717, 1.165) is 13.0 Å². The number of carbonyl (C=O) groups is 1. The minimum atomic E-state index is -0.284. The predicted octanol–water partition coefficient (Wildman–Crippen LogP) is 1.61. The molecule has 1 aromatic rings. The van der Waals surface area contributed by atoms with Crippen LogP contribution >= 0.6 is 0 Å². The van der Waals surface area contributed by atoms with Crippen molar-refractivity contribution < 1.29 is 9.18 Å². The van der Waals surface area contributed by atoms with E-state index in [1.807, 2.05) is 13.0 Å². The second kappa shape index (κ2) is 7.01. The molecule has 0 saturated carbocycles. The molecule has 3 nitrogen and oxygen atoms in total. The Labute approximate surface area is 101 Å². The van der Waals surface area contributed by atoms with E-state index in [1.54, 1.807) is 12.1 Å². The number of amides is 1. The summed E-state index contributed by atoms with van der Waals surface area (Å²) in [6.07, 6.45) is 1.75. The molecule has 0 aliphatic heterocycles. The number of benzene rings is 1. The van der Waals surface area contributed by atoms with Gasteiger partial charge in [0.2, 0.25) is 5.91 Å². The van der Waals surface area contributed by atoms with Crippen LogP contribution in [0.4, 0.5) is 4.39 Å². The van der Waals surface area contributed by atoms with Crippen LogP contribution in [0.5, 0.6) is 0 Å². The van der Waals surface area contributed by atoms with Gasteiger partial charge in [0, 0.05) is 12.5 Å². The van der Waals surface area contributed by atoms with Crippen molar-refractivity contribution in [3.05, 3.63) is 35.6 Å². The molecule has 0 aliphatic carbocycles. The smallest absolute Gasteiger partial charge is 0.217 e. The summed E-state index contributed by atoms with van der Waals surface area (Å²) in [5.74, 6) is -0.452. The van der Waals surface area contributed by atoms with Gasteiger partial charge in [-0.25, -0.2) is 4.39 Å². The van der Waals surface area contributed by atoms with Crippen LogP contribution in [0.2, 0.25) is 0 Å². The van der Waals surface area contributed by atoms with Crippen LogP contribution in [0.3, 0.4) is 0 Å². The van der Waals surface area contributed by atoms with Gasteiger partial charge >= 0.3 is 0 Å². The van der Waals surface area contributed by atoms with E-state index in [9.17, 15) is 9.18 Å². The lowest BCUT2D eigenvalue weighted by Gasteiger charge is -2.13. The third kappa shape index (κ3) is 5.45. The summed E-state index contributed by atoms with van der Waals surface area (Å²) in [5, 5.41) is 3.24. The van der Waals surface area contributed by atoms with Gasteiger partial charge in [0.15, 0.2) is 0 Å². The molecule has 0 fully saturated rings. The Bertz CT molecular complexity index is 368. The van der Waals surface area contributed by atoms with Crippen LogP contribution < -0.4 is 11.1 Å². The lowest BCUT2D eigenvalue weighted by atomic mass is 10.1. The van der Waals surface area contributed by atoms with Crippen molar-refractivity contribution in [2.75, 3.05) is 6.54 Å². The Hall–Kier alpha value is -1.42. The molecule has 0 spiro atoms. The number of carbonyl (C=O) groups excluding carboxylic acids is 1. The number of halogens is 1. The van der Waals surface area contributed by atoms with Crippen LogP contribution in [-0.4, -0.2) is 18.5 Å². The topological polar surface area (TPSA) is 55.1 Å². The van der Waals surface area contributed by atoms with E-state index < -0.39 is 0 Å². The zero-order valence-electron chi connectivity index (χ0n) is 10.1. The van der Waals surface area contributed by atoms with Gasteiger partial charge < -0.3 is 11.1 Å². The van der Waals surface area contributed by atoms with E-state index in [2.05, 4.69) is 5.32 Å². The fourth-order valence-corrected chi connectivity index (χ4v) is 1.68. The van der Waals surface area contributed by atoms with Crippen LogP contribution in [0.25, 0.3) is 0 Å². The van der Waals surface area contributed by atoms with Gasteiger partial charge in [-0.2, -0.15) is 0 Å². The van der Waals surface area contributed by atoms with Crippen molar-refractivity contribution >= 4 is 5.91 Å². The molecule has 0 aliphatic rings. The van der Waals surface area contributed by atoms with Crippen molar-refractivity contribution in [3.8, 4) is 0 Å². The summed E-state index contributed by atoms with van der Waals surface area (Å²) in [5.41, 5.74) is 5.75. The third-order valence-electron chi connectivity index (χ3n) is 2.58. The summed E-state index contributed by atoms with van der Waals surface area (Å²) in [7, 11) is 0. The molecule has 0 aromatic heterocycles. The number of hydrogen-bond acceptors (Lipinski definition) is 2. The van der Waals surface area contributed by atoms with E-state index in [-0.39, 0.29) is 17.8 Å². The molecule has 1 aromatic carbocycles. The van der Waals surface area contributed by atoms with Crippen LogP contribution in [0.15, 0.2) is 24.3 Å². The highest BCUT2D eigenvalue weighted by atomic mass is 19.1. The fraction of sp³-hybridized carbons (Fsp3) is 0.462. The molecule has 1 unspecified atom stereocenters. The van der Waals surface area contributed by atoms with Crippen molar-refractivity contribution in [1.29, 1.82) is 0 Å². The summed E-state index contributed by atoms with van der Waals surface area (Å²) in [6, 6.07) is 6.95. The van der Waals surface area contributed by atoms with Gasteiger partial charge in [-0.1, -0.05) is 18.2 Å². The number of rotatable bonds is 7. The maximum atomic E-state index is 13.4. The maximum Gasteiger partial charge on any atom is 0.217 e.